The van der Waals surface area contributed by atoms with Crippen LogP contribution in [-0.4, -0.2) is 33.1 Å². The van der Waals surface area contributed by atoms with E-state index in [0.717, 1.165) is 27.8 Å². The standard InChI is InChI=1S/C29H28O4/c1-4-33-28(31-2)21-23-15-17-25(18-16-23)27-12-8-7-11-24(27)10-6-5-9-22-13-19-26(20-14-22)29(30)32-3/h6-8,10-20,28H,4,21H2,1-3H3/b10-6+. The van der Waals surface area contributed by atoms with Crippen LogP contribution in [0.5, 0.6) is 0 Å². The van der Waals surface area contributed by atoms with E-state index in [1.54, 1.807) is 19.2 Å². The Morgan fingerprint density at radius 3 is 2.36 bits per heavy atom. The zero-order valence-corrected chi connectivity index (χ0v) is 19.2. The smallest absolute Gasteiger partial charge is 0.337 e. The van der Waals surface area contributed by atoms with Crippen LogP contribution in [0, 0.1) is 11.8 Å². The summed E-state index contributed by atoms with van der Waals surface area (Å²) in [4.78, 5) is 11.5. The van der Waals surface area contributed by atoms with Gasteiger partial charge in [-0.3, -0.25) is 0 Å². The van der Waals surface area contributed by atoms with Crippen LogP contribution < -0.4 is 0 Å². The summed E-state index contributed by atoms with van der Waals surface area (Å²) < 4.78 is 15.7. The van der Waals surface area contributed by atoms with Crippen LogP contribution >= 0.6 is 0 Å². The van der Waals surface area contributed by atoms with Crippen molar-refractivity contribution in [3.05, 3.63) is 101 Å². The third kappa shape index (κ3) is 6.92. The largest absolute Gasteiger partial charge is 0.465 e. The third-order valence-corrected chi connectivity index (χ3v) is 5.11. The predicted octanol–water partition coefficient (Wildman–Crippen LogP) is 5.76. The number of rotatable bonds is 8. The van der Waals surface area contributed by atoms with Gasteiger partial charge in [-0.15, -0.1) is 0 Å². The van der Waals surface area contributed by atoms with Crippen molar-refractivity contribution in [3.63, 3.8) is 0 Å². The van der Waals surface area contributed by atoms with Crippen molar-refractivity contribution >= 4 is 12.0 Å². The maximum atomic E-state index is 11.5. The van der Waals surface area contributed by atoms with Gasteiger partial charge in [0.15, 0.2) is 6.29 Å². The Bertz CT molecular complexity index is 1130. The van der Waals surface area contributed by atoms with Gasteiger partial charge in [0.1, 0.15) is 0 Å². The van der Waals surface area contributed by atoms with Gasteiger partial charge in [0.2, 0.25) is 0 Å². The SMILES string of the molecule is CCOC(Cc1ccc(-c2ccccc2/C=C/C#Cc2ccc(C(=O)OC)cc2)cc1)OC. The molecule has 0 fully saturated rings. The zero-order chi connectivity index (χ0) is 23.5. The molecule has 1 unspecified atom stereocenters. The molecular formula is C29H28O4. The molecular weight excluding hydrogens is 412 g/mol. The first-order valence-electron chi connectivity index (χ1n) is 10.8. The van der Waals surface area contributed by atoms with Crippen molar-refractivity contribution in [3.8, 4) is 23.0 Å². The fourth-order valence-corrected chi connectivity index (χ4v) is 3.38. The van der Waals surface area contributed by atoms with E-state index in [0.29, 0.717) is 18.6 Å². The number of esters is 1. The van der Waals surface area contributed by atoms with Crippen LogP contribution in [0.25, 0.3) is 17.2 Å². The second-order valence-electron chi connectivity index (χ2n) is 7.28. The fraction of sp³-hybridized carbons (Fsp3) is 0.207. The molecule has 0 saturated carbocycles. The van der Waals surface area contributed by atoms with Crippen LogP contribution in [0.4, 0.5) is 0 Å². The van der Waals surface area contributed by atoms with Gasteiger partial charge in [0.25, 0.3) is 0 Å². The topological polar surface area (TPSA) is 44.8 Å². The van der Waals surface area contributed by atoms with Gasteiger partial charge < -0.3 is 14.2 Å². The first kappa shape index (κ1) is 24.0. The van der Waals surface area contributed by atoms with Crippen molar-refractivity contribution in [2.45, 2.75) is 19.6 Å². The van der Waals surface area contributed by atoms with E-state index < -0.39 is 0 Å². The van der Waals surface area contributed by atoms with E-state index in [4.69, 9.17) is 14.2 Å². The molecule has 1 atom stereocenters. The summed E-state index contributed by atoms with van der Waals surface area (Å²) >= 11 is 0. The first-order chi connectivity index (χ1) is 16.1. The Hall–Kier alpha value is -3.65. The van der Waals surface area contributed by atoms with Crippen LogP contribution in [0.1, 0.15) is 34.0 Å². The predicted molar refractivity (Wildman–Crippen MR) is 132 cm³/mol. The molecule has 0 aliphatic heterocycles. The quantitative estimate of drug-likeness (QED) is 0.254. The lowest BCUT2D eigenvalue weighted by Crippen LogP contribution is -2.18. The van der Waals surface area contributed by atoms with E-state index in [1.807, 2.05) is 43.3 Å². The molecule has 0 amide bonds. The Morgan fingerprint density at radius 1 is 0.970 bits per heavy atom. The number of carbonyl (C=O) groups excluding carboxylic acids is 1. The third-order valence-electron chi connectivity index (χ3n) is 5.11. The van der Waals surface area contributed by atoms with Gasteiger partial charge in [-0.25, -0.2) is 4.79 Å². The number of ether oxygens (including phenoxy) is 3. The molecule has 3 aromatic rings. The van der Waals surface area contributed by atoms with Gasteiger partial charge >= 0.3 is 5.97 Å². The minimum absolute atomic E-state index is 0.230. The molecule has 0 aliphatic rings. The van der Waals surface area contributed by atoms with Crippen LogP contribution in [-0.2, 0) is 20.6 Å². The van der Waals surface area contributed by atoms with Crippen molar-refractivity contribution < 1.29 is 19.0 Å². The lowest BCUT2D eigenvalue weighted by atomic mass is 9.98. The summed E-state index contributed by atoms with van der Waals surface area (Å²) in [6.07, 6.45) is 4.33. The number of benzene rings is 3. The second kappa shape index (κ2) is 12.4. The molecule has 0 bridgehead atoms. The first-order valence-corrected chi connectivity index (χ1v) is 10.8. The van der Waals surface area contributed by atoms with Crippen molar-refractivity contribution in [2.75, 3.05) is 20.8 Å². The second-order valence-corrected chi connectivity index (χ2v) is 7.28. The number of carbonyl (C=O) groups is 1. The van der Waals surface area contributed by atoms with E-state index in [-0.39, 0.29) is 12.3 Å². The Morgan fingerprint density at radius 2 is 1.70 bits per heavy atom. The minimum Gasteiger partial charge on any atom is -0.465 e. The zero-order valence-electron chi connectivity index (χ0n) is 19.2. The molecule has 168 valence electrons. The van der Waals surface area contributed by atoms with E-state index >= 15 is 0 Å². The summed E-state index contributed by atoms with van der Waals surface area (Å²) in [5, 5.41) is 0. The fourth-order valence-electron chi connectivity index (χ4n) is 3.38. The maximum Gasteiger partial charge on any atom is 0.337 e. The van der Waals surface area contributed by atoms with Crippen molar-refractivity contribution in [2.24, 2.45) is 0 Å². The molecule has 0 spiro atoms. The van der Waals surface area contributed by atoms with E-state index in [1.165, 1.54) is 7.11 Å². The summed E-state index contributed by atoms with van der Waals surface area (Å²) in [7, 11) is 3.03. The molecule has 4 heteroatoms. The molecule has 0 aromatic heterocycles. The van der Waals surface area contributed by atoms with Gasteiger partial charge in [-0.05, 0) is 65.6 Å². The lowest BCUT2D eigenvalue weighted by molar-refractivity contribution is -0.118. The summed E-state index contributed by atoms with van der Waals surface area (Å²) in [6, 6.07) is 23.7. The monoisotopic (exact) mass is 440 g/mol. The molecule has 3 rings (SSSR count). The maximum absolute atomic E-state index is 11.5. The molecule has 33 heavy (non-hydrogen) atoms. The Kier molecular flexibility index (Phi) is 9.02. The number of hydrogen-bond donors (Lipinski definition) is 0. The van der Waals surface area contributed by atoms with Gasteiger partial charge in [0.05, 0.1) is 12.7 Å². The number of hydrogen-bond acceptors (Lipinski definition) is 4. The van der Waals surface area contributed by atoms with E-state index in [2.05, 4.69) is 48.2 Å². The Balaban J connectivity index is 1.71. The van der Waals surface area contributed by atoms with Gasteiger partial charge in [-0.1, -0.05) is 60.4 Å². The highest BCUT2D eigenvalue weighted by Crippen LogP contribution is 2.25. The molecule has 3 aromatic carbocycles. The van der Waals surface area contributed by atoms with Crippen LogP contribution in [0.3, 0.4) is 0 Å². The van der Waals surface area contributed by atoms with Crippen LogP contribution in [0.2, 0.25) is 0 Å². The molecule has 0 N–H and O–H groups in total. The molecule has 4 nitrogen and oxygen atoms in total. The highest BCUT2D eigenvalue weighted by atomic mass is 16.7. The van der Waals surface area contributed by atoms with Gasteiger partial charge in [0, 0.05) is 25.7 Å². The average Bonchev–Trinajstić information content (AvgIpc) is 2.87. The minimum atomic E-state index is -0.355. The average molecular weight is 441 g/mol. The number of allylic oxidation sites excluding steroid dienone is 1. The Labute approximate surface area is 195 Å². The normalized spacial score (nSPS) is 11.6. The summed E-state index contributed by atoms with van der Waals surface area (Å²) in [5.41, 5.74) is 5.86. The summed E-state index contributed by atoms with van der Waals surface area (Å²) in [5.74, 6) is 5.80. The van der Waals surface area contributed by atoms with Crippen molar-refractivity contribution in [1.29, 1.82) is 0 Å². The molecule has 0 aliphatic carbocycles. The lowest BCUT2D eigenvalue weighted by Gasteiger charge is -2.15. The van der Waals surface area contributed by atoms with Crippen LogP contribution in [0.15, 0.2) is 78.9 Å². The summed E-state index contributed by atoms with van der Waals surface area (Å²) in [6.45, 7) is 2.59. The van der Waals surface area contributed by atoms with Gasteiger partial charge in [-0.2, -0.15) is 0 Å². The molecule has 0 radical (unpaired) electrons. The van der Waals surface area contributed by atoms with E-state index in [9.17, 15) is 4.79 Å². The van der Waals surface area contributed by atoms with Crippen molar-refractivity contribution in [1.82, 2.24) is 0 Å². The number of methoxy groups -OCH3 is 2. The highest BCUT2D eigenvalue weighted by molar-refractivity contribution is 5.89. The highest BCUT2D eigenvalue weighted by Gasteiger charge is 2.09. The molecule has 0 saturated heterocycles. The molecule has 0 heterocycles.